The minimum atomic E-state index is -1.13. The number of ether oxygens (including phenoxy) is 1. The predicted octanol–water partition coefficient (Wildman–Crippen LogP) is 1.86. The molecule has 6 nitrogen and oxygen atoms in total. The summed E-state index contributed by atoms with van der Waals surface area (Å²) >= 11 is 0. The van der Waals surface area contributed by atoms with Gasteiger partial charge in [0.1, 0.15) is 6.61 Å². The molecular weight excluding hydrogens is 272 g/mol. The lowest BCUT2D eigenvalue weighted by atomic mass is 9.91. The summed E-state index contributed by atoms with van der Waals surface area (Å²) in [6, 6.07) is 5.72. The van der Waals surface area contributed by atoms with Crippen molar-refractivity contribution in [2.24, 2.45) is 0 Å². The maximum atomic E-state index is 11.9. The Labute approximate surface area is 121 Å². The van der Waals surface area contributed by atoms with Gasteiger partial charge in [-0.05, 0) is 29.7 Å². The first-order chi connectivity index (χ1) is 10.1. The number of carboxylic acids is 1. The lowest BCUT2D eigenvalue weighted by Gasteiger charge is -2.33. The van der Waals surface area contributed by atoms with Crippen molar-refractivity contribution in [3.05, 3.63) is 47.5 Å². The van der Waals surface area contributed by atoms with Gasteiger partial charge in [0.2, 0.25) is 0 Å². The van der Waals surface area contributed by atoms with Gasteiger partial charge in [0, 0.05) is 6.54 Å². The summed E-state index contributed by atoms with van der Waals surface area (Å²) in [5.74, 6) is -1.13. The van der Waals surface area contributed by atoms with Crippen LogP contribution in [-0.2, 0) is 16.0 Å². The molecule has 1 aromatic carbocycles. The molecule has 1 amide bonds. The molecule has 1 aliphatic rings. The van der Waals surface area contributed by atoms with E-state index in [1.165, 1.54) is 11.0 Å². The molecule has 0 saturated carbocycles. The maximum Gasteiger partial charge on any atom is 0.411 e. The molecule has 0 spiro atoms. The van der Waals surface area contributed by atoms with E-state index in [9.17, 15) is 14.7 Å². The molecule has 1 unspecified atom stereocenters. The molecule has 0 aliphatic carbocycles. The largest absolute Gasteiger partial charge is 0.479 e. The Bertz CT molecular complexity index is 633. The summed E-state index contributed by atoms with van der Waals surface area (Å²) in [5, 5.41) is 18.3. The van der Waals surface area contributed by atoms with Gasteiger partial charge >= 0.3 is 12.1 Å². The summed E-state index contributed by atoms with van der Waals surface area (Å²) in [7, 11) is 0. The van der Waals surface area contributed by atoms with Crippen LogP contribution in [0.25, 0.3) is 0 Å². The number of amides is 1. The lowest BCUT2D eigenvalue weighted by Crippen LogP contribution is -2.43. The van der Waals surface area contributed by atoms with E-state index >= 15 is 0 Å². The molecule has 108 valence electrons. The van der Waals surface area contributed by atoms with Crippen molar-refractivity contribution in [2.75, 3.05) is 13.2 Å². The first kappa shape index (κ1) is 14.6. The number of hydrogen-bond acceptors (Lipinski definition) is 4. The fraction of sp³-hybridized carbons (Fsp3) is 0.267. The highest BCUT2D eigenvalue weighted by molar-refractivity contribution is 5.82. The van der Waals surface area contributed by atoms with Crippen molar-refractivity contribution in [1.82, 2.24) is 4.90 Å². The normalized spacial score (nSPS) is 16.5. The van der Waals surface area contributed by atoms with E-state index in [-0.39, 0.29) is 13.2 Å². The lowest BCUT2D eigenvalue weighted by molar-refractivity contribution is -0.143. The van der Waals surface area contributed by atoms with Gasteiger partial charge in [-0.25, -0.2) is 9.59 Å². The fourth-order valence-electron chi connectivity index (χ4n) is 2.37. The molecule has 6 heteroatoms. The van der Waals surface area contributed by atoms with Crippen LogP contribution in [0.3, 0.4) is 0 Å². The Kier molecular flexibility index (Phi) is 4.24. The first-order valence-electron chi connectivity index (χ1n) is 6.38. The van der Waals surface area contributed by atoms with Gasteiger partial charge in [0.15, 0.2) is 6.04 Å². The van der Waals surface area contributed by atoms with E-state index in [0.29, 0.717) is 17.5 Å². The van der Waals surface area contributed by atoms with Crippen molar-refractivity contribution < 1.29 is 19.4 Å². The van der Waals surface area contributed by atoms with Gasteiger partial charge in [0.25, 0.3) is 0 Å². The van der Waals surface area contributed by atoms with E-state index in [0.717, 1.165) is 5.56 Å². The number of nitrogens with zero attached hydrogens (tertiary/aromatic N) is 2. The molecule has 1 N–H and O–H groups in total. The third kappa shape index (κ3) is 2.87. The van der Waals surface area contributed by atoms with E-state index in [1.54, 1.807) is 18.2 Å². The third-order valence-electron chi connectivity index (χ3n) is 3.29. The Balaban J connectivity index is 2.35. The molecule has 1 heterocycles. The first-order valence-corrected chi connectivity index (χ1v) is 6.38. The van der Waals surface area contributed by atoms with Crippen molar-refractivity contribution >= 4 is 12.1 Å². The second kappa shape index (κ2) is 6.09. The van der Waals surface area contributed by atoms with E-state index < -0.39 is 18.1 Å². The fourth-order valence-corrected chi connectivity index (χ4v) is 2.37. The van der Waals surface area contributed by atoms with Gasteiger partial charge in [-0.1, -0.05) is 18.7 Å². The molecule has 0 fully saturated rings. The summed E-state index contributed by atoms with van der Waals surface area (Å²) in [4.78, 5) is 24.7. The molecule has 1 aromatic rings. The molecule has 1 aliphatic heterocycles. The Morgan fingerprint density at radius 1 is 1.57 bits per heavy atom. The molecule has 0 aromatic heterocycles. The van der Waals surface area contributed by atoms with Crippen LogP contribution in [0.1, 0.15) is 22.7 Å². The highest BCUT2D eigenvalue weighted by atomic mass is 16.6. The second-order valence-corrected chi connectivity index (χ2v) is 4.58. The quantitative estimate of drug-likeness (QED) is 0.856. The third-order valence-corrected chi connectivity index (χ3v) is 3.29. The number of carbonyl (C=O) groups excluding carboxylic acids is 1. The maximum absolute atomic E-state index is 11.9. The molecule has 0 radical (unpaired) electrons. The van der Waals surface area contributed by atoms with Crippen LogP contribution in [-0.4, -0.2) is 35.2 Å². The minimum Gasteiger partial charge on any atom is -0.479 e. The smallest absolute Gasteiger partial charge is 0.411 e. The molecule has 0 bridgehead atoms. The van der Waals surface area contributed by atoms with Crippen LogP contribution in [0.4, 0.5) is 4.79 Å². The van der Waals surface area contributed by atoms with E-state index in [2.05, 4.69) is 6.58 Å². The average Bonchev–Trinajstić information content (AvgIpc) is 2.50. The number of benzene rings is 1. The zero-order valence-electron chi connectivity index (χ0n) is 11.3. The molecule has 0 saturated heterocycles. The number of fused-ring (bicyclic) bond motifs is 1. The molecular formula is C15H14N2O4. The van der Waals surface area contributed by atoms with Crippen molar-refractivity contribution in [3.63, 3.8) is 0 Å². The van der Waals surface area contributed by atoms with Crippen LogP contribution in [0.15, 0.2) is 30.9 Å². The van der Waals surface area contributed by atoms with Crippen LogP contribution >= 0.6 is 0 Å². The number of carbonyl (C=O) groups is 2. The molecule has 2 rings (SSSR count). The van der Waals surface area contributed by atoms with Crippen LogP contribution in [0.5, 0.6) is 0 Å². The van der Waals surface area contributed by atoms with Crippen molar-refractivity contribution in [2.45, 2.75) is 12.5 Å². The Morgan fingerprint density at radius 3 is 2.95 bits per heavy atom. The number of carboxylic acid groups (broad SMARTS) is 1. The zero-order chi connectivity index (χ0) is 15.4. The monoisotopic (exact) mass is 286 g/mol. The van der Waals surface area contributed by atoms with Gasteiger partial charge in [0.05, 0.1) is 11.6 Å². The summed E-state index contributed by atoms with van der Waals surface area (Å²) in [5.41, 5.74) is 1.76. The second-order valence-electron chi connectivity index (χ2n) is 4.58. The Morgan fingerprint density at radius 2 is 2.33 bits per heavy atom. The Hall–Kier alpha value is -2.81. The minimum absolute atomic E-state index is 0.0297. The topological polar surface area (TPSA) is 90.6 Å². The zero-order valence-corrected chi connectivity index (χ0v) is 11.3. The van der Waals surface area contributed by atoms with Crippen LogP contribution in [0, 0.1) is 11.3 Å². The van der Waals surface area contributed by atoms with Gasteiger partial charge < -0.3 is 9.84 Å². The average molecular weight is 286 g/mol. The van der Waals surface area contributed by atoms with E-state index in [4.69, 9.17) is 10.00 Å². The molecule has 1 atom stereocenters. The predicted molar refractivity (Wildman–Crippen MR) is 73.5 cm³/mol. The number of rotatable bonds is 3. The number of nitriles is 1. The van der Waals surface area contributed by atoms with Gasteiger partial charge in [-0.2, -0.15) is 5.26 Å². The highest BCUT2D eigenvalue weighted by Crippen LogP contribution is 2.31. The van der Waals surface area contributed by atoms with Crippen molar-refractivity contribution in [1.29, 1.82) is 5.26 Å². The van der Waals surface area contributed by atoms with Crippen molar-refractivity contribution in [3.8, 4) is 6.07 Å². The number of hydrogen-bond donors (Lipinski definition) is 1. The van der Waals surface area contributed by atoms with Crippen LogP contribution in [0.2, 0.25) is 0 Å². The number of aliphatic carboxylic acids is 1. The molecule has 21 heavy (non-hydrogen) atoms. The van der Waals surface area contributed by atoms with Crippen LogP contribution < -0.4 is 0 Å². The summed E-state index contributed by atoms with van der Waals surface area (Å²) < 4.78 is 4.92. The van der Waals surface area contributed by atoms with Gasteiger partial charge in [-0.15, -0.1) is 0 Å². The highest BCUT2D eigenvalue weighted by Gasteiger charge is 2.36. The standard InChI is InChI=1S/C15H14N2O4/c1-2-7-21-15(20)17-6-5-11-8-10(9-16)3-4-12(11)13(17)14(18)19/h2-4,8,13H,1,5-7H2,(H,18,19). The SMILES string of the molecule is C=CCOC(=O)N1CCc2cc(C#N)ccc2C1C(=O)O. The van der Waals surface area contributed by atoms with E-state index in [1.807, 2.05) is 6.07 Å². The summed E-state index contributed by atoms with van der Waals surface area (Å²) in [6.45, 7) is 3.70. The summed E-state index contributed by atoms with van der Waals surface area (Å²) in [6.07, 6.45) is 1.22. The van der Waals surface area contributed by atoms with Gasteiger partial charge in [-0.3, -0.25) is 4.90 Å².